The van der Waals surface area contributed by atoms with Gasteiger partial charge in [-0.3, -0.25) is 4.31 Å². The van der Waals surface area contributed by atoms with E-state index in [9.17, 15) is 13.5 Å². The summed E-state index contributed by atoms with van der Waals surface area (Å²) in [5.74, 6) is -0.273. The fourth-order valence-electron chi connectivity index (χ4n) is 3.00. The van der Waals surface area contributed by atoms with E-state index < -0.39 is 10.2 Å². The minimum absolute atomic E-state index is 0.273. The first-order valence-corrected chi connectivity index (χ1v) is 8.39. The van der Waals surface area contributed by atoms with Crippen molar-refractivity contribution in [2.24, 2.45) is 0 Å². The van der Waals surface area contributed by atoms with Crippen molar-refractivity contribution in [2.75, 3.05) is 10.8 Å². The van der Waals surface area contributed by atoms with Crippen LogP contribution in [0.1, 0.15) is 5.56 Å². The topological polar surface area (TPSA) is 62.5 Å². The molecule has 0 radical (unpaired) electrons. The molecule has 0 fully saturated rings. The number of hydrogen-bond acceptors (Lipinski definition) is 3. The molecule has 1 aliphatic rings. The van der Waals surface area contributed by atoms with Crippen LogP contribution >= 0.6 is 0 Å². The molecule has 4 rings (SSSR count). The zero-order valence-electron chi connectivity index (χ0n) is 11.7. The summed E-state index contributed by atoms with van der Waals surface area (Å²) in [4.78, 5) is 0. The summed E-state index contributed by atoms with van der Waals surface area (Å²) in [6.07, 6.45) is 0.676. The monoisotopic (exact) mass is 314 g/mol. The molecular formula is C16H14N2O3S. The van der Waals surface area contributed by atoms with E-state index >= 15 is 0 Å². The van der Waals surface area contributed by atoms with Gasteiger partial charge in [0.15, 0.2) is 0 Å². The number of fused-ring (bicyclic) bond motifs is 2. The van der Waals surface area contributed by atoms with Gasteiger partial charge in [0.1, 0.15) is 0 Å². The van der Waals surface area contributed by atoms with Crippen molar-refractivity contribution < 1.29 is 13.5 Å². The van der Waals surface area contributed by atoms with Gasteiger partial charge in [-0.1, -0.05) is 36.4 Å². The largest absolute Gasteiger partial charge is 0.494 e. The van der Waals surface area contributed by atoms with Crippen molar-refractivity contribution in [3.05, 3.63) is 60.2 Å². The van der Waals surface area contributed by atoms with Gasteiger partial charge >= 0.3 is 10.2 Å². The molecule has 0 amide bonds. The predicted octanol–water partition coefficient (Wildman–Crippen LogP) is 2.50. The van der Waals surface area contributed by atoms with Gasteiger partial charge in [-0.15, -0.1) is 0 Å². The molecule has 2 heterocycles. The summed E-state index contributed by atoms with van der Waals surface area (Å²) >= 11 is 0. The molecule has 22 heavy (non-hydrogen) atoms. The lowest BCUT2D eigenvalue weighted by Gasteiger charge is -2.21. The summed E-state index contributed by atoms with van der Waals surface area (Å²) in [6.45, 7) is 0.383. The number of nitrogens with zero attached hydrogens (tertiary/aromatic N) is 2. The predicted molar refractivity (Wildman–Crippen MR) is 85.4 cm³/mol. The molecule has 0 saturated heterocycles. The Morgan fingerprint density at radius 1 is 1.00 bits per heavy atom. The SMILES string of the molecule is O=S(=O)(N1CCc2ccccc21)n1c(O)cc2ccccc21. The Kier molecular flexibility index (Phi) is 2.71. The number of anilines is 1. The molecule has 6 heteroatoms. The fourth-order valence-corrected chi connectivity index (χ4v) is 4.65. The van der Waals surface area contributed by atoms with Crippen molar-refractivity contribution in [1.82, 2.24) is 3.97 Å². The van der Waals surface area contributed by atoms with Crippen LogP contribution in [0.15, 0.2) is 54.6 Å². The average molecular weight is 314 g/mol. The smallest absolute Gasteiger partial charge is 0.333 e. The van der Waals surface area contributed by atoms with Crippen LogP contribution in [0.4, 0.5) is 5.69 Å². The third-order valence-corrected chi connectivity index (χ3v) is 5.78. The first-order valence-electron chi connectivity index (χ1n) is 6.99. The van der Waals surface area contributed by atoms with E-state index in [4.69, 9.17) is 0 Å². The first-order chi connectivity index (χ1) is 10.6. The average Bonchev–Trinajstić information content (AvgIpc) is 3.07. The molecule has 0 saturated carbocycles. The zero-order chi connectivity index (χ0) is 15.3. The number of rotatable bonds is 2. The van der Waals surface area contributed by atoms with Crippen LogP contribution in [0.5, 0.6) is 5.88 Å². The van der Waals surface area contributed by atoms with Crippen molar-refractivity contribution >= 4 is 26.8 Å². The second kappa shape index (κ2) is 4.51. The molecule has 0 spiro atoms. The Morgan fingerprint density at radius 3 is 2.59 bits per heavy atom. The molecule has 0 bridgehead atoms. The van der Waals surface area contributed by atoms with E-state index in [1.165, 1.54) is 10.4 Å². The normalized spacial score (nSPS) is 14.5. The van der Waals surface area contributed by atoms with Gasteiger partial charge in [0.05, 0.1) is 11.2 Å². The first kappa shape index (κ1) is 13.2. The molecule has 5 nitrogen and oxygen atoms in total. The number of para-hydroxylation sites is 2. The third kappa shape index (κ3) is 1.74. The Morgan fingerprint density at radius 2 is 1.73 bits per heavy atom. The van der Waals surface area contributed by atoms with Gasteiger partial charge in [-0.2, -0.15) is 12.4 Å². The van der Waals surface area contributed by atoms with Crippen LogP contribution in [0.2, 0.25) is 0 Å². The quantitative estimate of drug-likeness (QED) is 0.790. The van der Waals surface area contributed by atoms with Crippen LogP contribution in [-0.2, 0) is 16.6 Å². The summed E-state index contributed by atoms with van der Waals surface area (Å²) in [5, 5.41) is 10.8. The summed E-state index contributed by atoms with van der Waals surface area (Å²) < 4.78 is 28.4. The highest BCUT2D eigenvalue weighted by molar-refractivity contribution is 7.91. The minimum atomic E-state index is -3.87. The van der Waals surface area contributed by atoms with Crippen LogP contribution in [0.3, 0.4) is 0 Å². The number of aromatic hydroxyl groups is 1. The Balaban J connectivity index is 1.93. The Bertz CT molecular complexity index is 976. The van der Waals surface area contributed by atoms with E-state index in [1.54, 1.807) is 24.3 Å². The standard InChI is InChI=1S/C16H14N2O3S/c19-16-11-13-6-2-4-8-15(13)18(16)22(20,21)17-10-9-12-5-1-3-7-14(12)17/h1-8,11,19H,9-10H2. The molecule has 1 aliphatic heterocycles. The summed E-state index contributed by atoms with van der Waals surface area (Å²) in [5.41, 5.74) is 2.16. The van der Waals surface area contributed by atoms with E-state index in [0.29, 0.717) is 29.6 Å². The van der Waals surface area contributed by atoms with Crippen molar-refractivity contribution in [2.45, 2.75) is 6.42 Å². The van der Waals surface area contributed by atoms with Gasteiger partial charge in [0.25, 0.3) is 0 Å². The minimum Gasteiger partial charge on any atom is -0.494 e. The van der Waals surface area contributed by atoms with Gasteiger partial charge in [0.2, 0.25) is 5.88 Å². The van der Waals surface area contributed by atoms with Gasteiger partial charge in [-0.25, -0.2) is 0 Å². The maximum atomic E-state index is 13.0. The Hall–Kier alpha value is -2.47. The van der Waals surface area contributed by atoms with E-state index in [0.717, 1.165) is 9.54 Å². The lowest BCUT2D eigenvalue weighted by atomic mass is 10.2. The highest BCUT2D eigenvalue weighted by Gasteiger charge is 2.32. The van der Waals surface area contributed by atoms with Gasteiger partial charge in [-0.05, 0) is 24.1 Å². The maximum Gasteiger partial charge on any atom is 0.333 e. The van der Waals surface area contributed by atoms with Crippen LogP contribution in [0.25, 0.3) is 10.9 Å². The van der Waals surface area contributed by atoms with Gasteiger partial charge < -0.3 is 5.11 Å². The summed E-state index contributed by atoms with van der Waals surface area (Å²) in [6, 6.07) is 15.9. The molecule has 3 aromatic rings. The molecule has 1 aromatic heterocycles. The third-order valence-electron chi connectivity index (χ3n) is 4.00. The molecule has 112 valence electrons. The van der Waals surface area contributed by atoms with Gasteiger partial charge in [0, 0.05) is 18.0 Å². The van der Waals surface area contributed by atoms with Crippen LogP contribution in [-0.4, -0.2) is 24.0 Å². The fraction of sp³-hybridized carbons (Fsp3) is 0.125. The summed E-state index contributed by atoms with van der Waals surface area (Å²) in [7, 11) is -3.87. The zero-order valence-corrected chi connectivity index (χ0v) is 12.5. The van der Waals surface area contributed by atoms with Crippen LogP contribution < -0.4 is 4.31 Å². The molecular weight excluding hydrogens is 300 g/mol. The van der Waals surface area contributed by atoms with Crippen molar-refractivity contribution in [3.63, 3.8) is 0 Å². The maximum absolute atomic E-state index is 13.0. The highest BCUT2D eigenvalue weighted by atomic mass is 32.2. The molecule has 0 atom stereocenters. The second-order valence-corrected chi connectivity index (χ2v) is 6.99. The van der Waals surface area contributed by atoms with Crippen molar-refractivity contribution in [3.8, 4) is 5.88 Å². The van der Waals surface area contributed by atoms with E-state index in [2.05, 4.69) is 0 Å². The second-order valence-electron chi connectivity index (χ2n) is 5.28. The molecule has 1 N–H and O–H groups in total. The molecule has 2 aromatic carbocycles. The van der Waals surface area contributed by atoms with E-state index in [1.807, 2.05) is 24.3 Å². The molecule has 0 unspecified atom stereocenters. The number of hydrogen-bond donors (Lipinski definition) is 1. The lowest BCUT2D eigenvalue weighted by molar-refractivity contribution is 0.447. The number of benzene rings is 2. The lowest BCUT2D eigenvalue weighted by Crippen LogP contribution is -2.34. The van der Waals surface area contributed by atoms with Crippen molar-refractivity contribution in [1.29, 1.82) is 0 Å². The highest BCUT2D eigenvalue weighted by Crippen LogP contribution is 2.34. The number of aromatic nitrogens is 1. The Labute approximate surface area is 128 Å². The molecule has 0 aliphatic carbocycles. The van der Waals surface area contributed by atoms with Crippen LogP contribution in [0, 0.1) is 0 Å². The van der Waals surface area contributed by atoms with E-state index in [-0.39, 0.29) is 5.88 Å².